The number of aryl methyl sites for hydroxylation is 1. The third kappa shape index (κ3) is 2.13. The molecule has 0 aromatic heterocycles. The molecule has 0 amide bonds. The van der Waals surface area contributed by atoms with E-state index in [1.807, 2.05) is 6.92 Å². The lowest BCUT2D eigenvalue weighted by molar-refractivity contribution is 0.149. The Balaban J connectivity index is 3.34. The van der Waals surface area contributed by atoms with Gasteiger partial charge in [0.2, 0.25) is 0 Å². The summed E-state index contributed by atoms with van der Waals surface area (Å²) in [5.41, 5.74) is 7.56. The third-order valence-corrected chi connectivity index (χ3v) is 2.72. The van der Waals surface area contributed by atoms with Crippen LogP contribution in [0, 0.1) is 13.8 Å². The van der Waals surface area contributed by atoms with Gasteiger partial charge in [0.15, 0.2) is 0 Å². The van der Waals surface area contributed by atoms with E-state index in [0.717, 1.165) is 5.56 Å². The molecule has 0 heterocycles. The largest absolute Gasteiger partial charge is 0.507 e. The molecule has 0 bridgehead atoms. The Morgan fingerprint density at radius 1 is 1.38 bits per heavy atom. The predicted molar refractivity (Wildman–Crippen MR) is 62.7 cm³/mol. The zero-order valence-electron chi connectivity index (χ0n) is 10.1. The van der Waals surface area contributed by atoms with E-state index in [0.29, 0.717) is 16.9 Å². The van der Waals surface area contributed by atoms with Crippen molar-refractivity contribution >= 4 is 0 Å². The number of aliphatic hydroxyl groups excluding tert-OH is 1. The van der Waals surface area contributed by atoms with Crippen LogP contribution in [-0.2, 0) is 0 Å². The Kier molecular flexibility index (Phi) is 3.78. The smallest absolute Gasteiger partial charge is 0.128 e. The summed E-state index contributed by atoms with van der Waals surface area (Å²) in [5, 5.41) is 19.8. The number of aromatic hydroxyl groups is 1. The summed E-state index contributed by atoms with van der Waals surface area (Å²) in [4.78, 5) is 0. The molecule has 0 spiro atoms. The van der Waals surface area contributed by atoms with Crippen molar-refractivity contribution < 1.29 is 14.9 Å². The summed E-state index contributed by atoms with van der Waals surface area (Å²) in [6, 6.07) is 1.27. The lowest BCUT2D eigenvalue weighted by Gasteiger charge is -2.20. The van der Waals surface area contributed by atoms with Crippen LogP contribution in [-0.4, -0.2) is 23.4 Å². The van der Waals surface area contributed by atoms with Crippen LogP contribution in [0.15, 0.2) is 6.07 Å². The van der Waals surface area contributed by atoms with E-state index in [1.54, 1.807) is 27.0 Å². The first-order valence-corrected chi connectivity index (χ1v) is 5.20. The SMILES string of the molecule is COc1c(C)cc(C(O)C(C)N)c(O)c1C. The molecule has 0 radical (unpaired) electrons. The van der Waals surface area contributed by atoms with Gasteiger partial charge < -0.3 is 20.7 Å². The first kappa shape index (κ1) is 12.8. The number of hydrogen-bond acceptors (Lipinski definition) is 4. The molecule has 1 aromatic carbocycles. The molecule has 4 nitrogen and oxygen atoms in total. The van der Waals surface area contributed by atoms with E-state index < -0.39 is 12.1 Å². The van der Waals surface area contributed by atoms with Crippen molar-refractivity contribution in [1.82, 2.24) is 0 Å². The fourth-order valence-electron chi connectivity index (χ4n) is 1.81. The molecule has 0 aliphatic heterocycles. The number of benzene rings is 1. The molecular formula is C12H19NO3. The quantitative estimate of drug-likeness (QED) is 0.726. The minimum atomic E-state index is -0.872. The Morgan fingerprint density at radius 3 is 2.38 bits per heavy atom. The molecule has 1 aromatic rings. The van der Waals surface area contributed by atoms with Gasteiger partial charge >= 0.3 is 0 Å². The number of methoxy groups -OCH3 is 1. The number of hydrogen-bond donors (Lipinski definition) is 3. The van der Waals surface area contributed by atoms with E-state index in [2.05, 4.69) is 0 Å². The van der Waals surface area contributed by atoms with Crippen molar-refractivity contribution in [2.45, 2.75) is 32.9 Å². The molecule has 2 atom stereocenters. The molecule has 0 aliphatic carbocycles. The standard InChI is InChI=1S/C12H19NO3/c1-6-5-9(11(15)8(3)13)10(14)7(2)12(6)16-4/h5,8,11,14-15H,13H2,1-4H3. The van der Waals surface area contributed by atoms with E-state index in [9.17, 15) is 10.2 Å². The number of phenolic OH excluding ortho intramolecular Hbond substituents is 1. The number of nitrogens with two attached hydrogens (primary N) is 1. The zero-order valence-corrected chi connectivity index (χ0v) is 10.1. The summed E-state index contributed by atoms with van der Waals surface area (Å²) < 4.78 is 5.18. The maximum atomic E-state index is 9.96. The fraction of sp³-hybridized carbons (Fsp3) is 0.500. The Bertz CT molecular complexity index is 388. The molecule has 0 aliphatic rings. The second-order valence-corrected chi connectivity index (χ2v) is 4.09. The second-order valence-electron chi connectivity index (χ2n) is 4.09. The van der Waals surface area contributed by atoms with Crippen LogP contribution in [0.25, 0.3) is 0 Å². The van der Waals surface area contributed by atoms with Crippen molar-refractivity contribution in [3.05, 3.63) is 22.8 Å². The predicted octanol–water partition coefficient (Wildman–Crippen LogP) is 1.40. The molecule has 0 fully saturated rings. The van der Waals surface area contributed by atoms with Crippen LogP contribution < -0.4 is 10.5 Å². The zero-order chi connectivity index (χ0) is 12.5. The van der Waals surface area contributed by atoms with E-state index in [4.69, 9.17) is 10.5 Å². The van der Waals surface area contributed by atoms with Gasteiger partial charge in [-0.1, -0.05) is 0 Å². The van der Waals surface area contributed by atoms with Crippen LogP contribution in [0.2, 0.25) is 0 Å². The molecule has 16 heavy (non-hydrogen) atoms. The Labute approximate surface area is 95.7 Å². The molecule has 4 N–H and O–H groups in total. The van der Waals surface area contributed by atoms with Gasteiger partial charge in [0, 0.05) is 17.2 Å². The highest BCUT2D eigenvalue weighted by Gasteiger charge is 2.20. The van der Waals surface area contributed by atoms with Gasteiger partial charge in [-0.2, -0.15) is 0 Å². The van der Waals surface area contributed by atoms with E-state index in [-0.39, 0.29) is 5.75 Å². The van der Waals surface area contributed by atoms with Crippen LogP contribution >= 0.6 is 0 Å². The lowest BCUT2D eigenvalue weighted by Crippen LogP contribution is -2.24. The molecule has 1 rings (SSSR count). The van der Waals surface area contributed by atoms with E-state index in [1.165, 1.54) is 0 Å². The van der Waals surface area contributed by atoms with Crippen molar-refractivity contribution in [2.75, 3.05) is 7.11 Å². The van der Waals surface area contributed by atoms with Gasteiger partial charge in [0.1, 0.15) is 11.5 Å². The number of ether oxygens (including phenoxy) is 1. The molecule has 90 valence electrons. The summed E-state index contributed by atoms with van der Waals surface area (Å²) in [5.74, 6) is 0.686. The number of phenols is 1. The van der Waals surface area contributed by atoms with Gasteiger partial charge in [-0.25, -0.2) is 0 Å². The highest BCUT2D eigenvalue weighted by molar-refractivity contribution is 5.53. The van der Waals surface area contributed by atoms with E-state index >= 15 is 0 Å². The first-order chi connectivity index (χ1) is 7.40. The maximum Gasteiger partial charge on any atom is 0.128 e. The minimum absolute atomic E-state index is 0.0484. The number of rotatable bonds is 3. The lowest BCUT2D eigenvalue weighted by atomic mass is 9.97. The third-order valence-electron chi connectivity index (χ3n) is 2.72. The highest BCUT2D eigenvalue weighted by Crippen LogP contribution is 2.37. The first-order valence-electron chi connectivity index (χ1n) is 5.20. The number of aliphatic hydroxyl groups is 1. The molecule has 2 unspecified atom stereocenters. The molecule has 4 heteroatoms. The Morgan fingerprint density at radius 2 is 1.94 bits per heavy atom. The van der Waals surface area contributed by atoms with Crippen LogP contribution in [0.4, 0.5) is 0 Å². The summed E-state index contributed by atoms with van der Waals surface area (Å²) in [6.45, 7) is 5.31. The van der Waals surface area contributed by atoms with Crippen molar-refractivity contribution in [3.63, 3.8) is 0 Å². The van der Waals surface area contributed by atoms with Gasteiger partial charge in [-0.15, -0.1) is 0 Å². The molecular weight excluding hydrogens is 206 g/mol. The van der Waals surface area contributed by atoms with Gasteiger partial charge in [-0.05, 0) is 32.4 Å². The summed E-state index contributed by atoms with van der Waals surface area (Å²) >= 11 is 0. The monoisotopic (exact) mass is 225 g/mol. The summed E-state index contributed by atoms with van der Waals surface area (Å²) in [6.07, 6.45) is -0.872. The average Bonchev–Trinajstić information content (AvgIpc) is 2.23. The normalized spacial score (nSPS) is 14.6. The van der Waals surface area contributed by atoms with Crippen LogP contribution in [0.5, 0.6) is 11.5 Å². The van der Waals surface area contributed by atoms with Gasteiger partial charge in [-0.3, -0.25) is 0 Å². The molecule has 0 saturated carbocycles. The fourth-order valence-corrected chi connectivity index (χ4v) is 1.81. The highest BCUT2D eigenvalue weighted by atomic mass is 16.5. The van der Waals surface area contributed by atoms with Crippen molar-refractivity contribution in [1.29, 1.82) is 0 Å². The summed E-state index contributed by atoms with van der Waals surface area (Å²) in [7, 11) is 1.55. The van der Waals surface area contributed by atoms with Crippen LogP contribution in [0.1, 0.15) is 29.7 Å². The second kappa shape index (κ2) is 4.72. The van der Waals surface area contributed by atoms with Gasteiger partial charge in [0.05, 0.1) is 13.2 Å². The topological polar surface area (TPSA) is 75.7 Å². The van der Waals surface area contributed by atoms with Crippen LogP contribution in [0.3, 0.4) is 0 Å². The van der Waals surface area contributed by atoms with Crippen molar-refractivity contribution in [3.8, 4) is 11.5 Å². The molecule has 0 saturated heterocycles. The average molecular weight is 225 g/mol. The maximum absolute atomic E-state index is 9.96. The minimum Gasteiger partial charge on any atom is -0.507 e. The van der Waals surface area contributed by atoms with Gasteiger partial charge in [0.25, 0.3) is 0 Å². The Hall–Kier alpha value is -1.26. The van der Waals surface area contributed by atoms with Crippen molar-refractivity contribution in [2.24, 2.45) is 5.73 Å².